The van der Waals surface area contributed by atoms with Crippen LogP contribution in [0.2, 0.25) is 0 Å². The lowest BCUT2D eigenvalue weighted by Crippen LogP contribution is -2.30. The minimum absolute atomic E-state index is 0.156. The molecule has 2 heterocycles. The van der Waals surface area contributed by atoms with Crippen LogP contribution < -0.4 is 16.4 Å². The van der Waals surface area contributed by atoms with Gasteiger partial charge in [0.05, 0.1) is 12.7 Å². The van der Waals surface area contributed by atoms with E-state index in [1.165, 1.54) is 6.07 Å². The summed E-state index contributed by atoms with van der Waals surface area (Å²) in [6, 6.07) is 11.4. The molecule has 2 aromatic rings. The van der Waals surface area contributed by atoms with E-state index in [0.29, 0.717) is 30.3 Å². The summed E-state index contributed by atoms with van der Waals surface area (Å²) in [4.78, 5) is 4.46. The summed E-state index contributed by atoms with van der Waals surface area (Å²) in [6.07, 6.45) is 2.14. The van der Waals surface area contributed by atoms with Crippen LogP contribution in [-0.4, -0.2) is 43.4 Å². The highest BCUT2D eigenvalue weighted by Gasteiger charge is 2.38. The molecule has 0 radical (unpaired) electrons. The van der Waals surface area contributed by atoms with Crippen LogP contribution in [-0.2, 0) is 11.2 Å². The molecule has 0 bridgehead atoms. The summed E-state index contributed by atoms with van der Waals surface area (Å²) in [5.41, 5.74) is 9.14. The Bertz CT molecular complexity index is 795. The number of nitrogens with zero attached hydrogens (tertiary/aromatic N) is 1. The molecular formula is C22H29FN4O. The van der Waals surface area contributed by atoms with Crippen molar-refractivity contribution in [3.8, 4) is 0 Å². The van der Waals surface area contributed by atoms with Gasteiger partial charge in [-0.1, -0.05) is 12.1 Å². The van der Waals surface area contributed by atoms with Crippen LogP contribution >= 0.6 is 0 Å². The van der Waals surface area contributed by atoms with Crippen molar-refractivity contribution in [2.45, 2.75) is 37.8 Å². The third kappa shape index (κ3) is 4.87. The largest absolute Gasteiger partial charge is 0.384 e. The van der Waals surface area contributed by atoms with E-state index in [-0.39, 0.29) is 11.9 Å². The molecule has 28 heavy (non-hydrogen) atoms. The van der Waals surface area contributed by atoms with Gasteiger partial charge in [0.15, 0.2) is 0 Å². The monoisotopic (exact) mass is 384 g/mol. The maximum Gasteiger partial charge on any atom is 0.123 e. The van der Waals surface area contributed by atoms with E-state index in [0.717, 1.165) is 49.3 Å². The van der Waals surface area contributed by atoms with Crippen molar-refractivity contribution < 1.29 is 9.13 Å². The number of hydrogen-bond acceptors (Lipinski definition) is 5. The van der Waals surface area contributed by atoms with Crippen molar-refractivity contribution in [3.05, 3.63) is 59.0 Å². The van der Waals surface area contributed by atoms with Crippen LogP contribution in [0.5, 0.6) is 0 Å². The highest BCUT2D eigenvalue weighted by atomic mass is 19.1. The molecule has 2 fully saturated rings. The first-order chi connectivity index (χ1) is 13.6. The molecule has 4 N–H and O–H groups in total. The van der Waals surface area contributed by atoms with Crippen molar-refractivity contribution in [1.82, 2.24) is 15.6 Å². The van der Waals surface area contributed by atoms with Gasteiger partial charge >= 0.3 is 0 Å². The maximum atomic E-state index is 13.3. The van der Waals surface area contributed by atoms with Crippen molar-refractivity contribution >= 4 is 5.82 Å². The highest BCUT2D eigenvalue weighted by Crippen LogP contribution is 2.40. The lowest BCUT2D eigenvalue weighted by atomic mass is 9.99. The number of hydrogen-bond donors (Lipinski definition) is 3. The smallest absolute Gasteiger partial charge is 0.123 e. The lowest BCUT2D eigenvalue weighted by Gasteiger charge is -2.19. The summed E-state index contributed by atoms with van der Waals surface area (Å²) in [6.45, 7) is 5.36. The Hall–Kier alpha value is -2.02. The van der Waals surface area contributed by atoms with Crippen LogP contribution in [0, 0.1) is 18.7 Å². The predicted molar refractivity (Wildman–Crippen MR) is 109 cm³/mol. The Balaban J connectivity index is 1.20. The van der Waals surface area contributed by atoms with Gasteiger partial charge in [-0.15, -0.1) is 0 Å². The van der Waals surface area contributed by atoms with Crippen molar-refractivity contribution in [3.63, 3.8) is 0 Å². The molecule has 0 unspecified atom stereocenters. The second kappa shape index (κ2) is 8.55. The fourth-order valence-corrected chi connectivity index (χ4v) is 4.23. The van der Waals surface area contributed by atoms with Crippen LogP contribution in [0.1, 0.15) is 29.2 Å². The standard InChI is InChI=1S/C22H29FN4O/c1-14-7-18(27-22(24)8-14)10-16-12-25-13-21(16)28-6-5-26-20-11-19(20)15-3-2-4-17(23)9-15/h2-4,7-9,16,19-21,25-26H,5-6,10-13H2,1H3,(H2,24,27)/t16-,19+,20-,21+/m1/s1. The number of ether oxygens (including phenoxy) is 1. The number of benzene rings is 1. The third-order valence-electron chi connectivity index (χ3n) is 5.70. The van der Waals surface area contributed by atoms with Crippen molar-refractivity contribution in [2.75, 3.05) is 32.0 Å². The molecule has 1 aromatic heterocycles. The van der Waals surface area contributed by atoms with Crippen LogP contribution in [0.15, 0.2) is 36.4 Å². The SMILES string of the molecule is Cc1cc(N)nc(C[C@@H]2CNC[C@@H]2OCCN[C@@H]2C[C@H]2c2cccc(F)c2)c1. The summed E-state index contributed by atoms with van der Waals surface area (Å²) in [5, 5.41) is 6.96. The zero-order chi connectivity index (χ0) is 19.5. The van der Waals surface area contributed by atoms with Gasteiger partial charge in [-0.25, -0.2) is 9.37 Å². The first kappa shape index (κ1) is 19.3. The van der Waals surface area contributed by atoms with Gasteiger partial charge in [-0.2, -0.15) is 0 Å². The molecule has 6 heteroatoms. The normalized spacial score (nSPS) is 26.5. The summed E-state index contributed by atoms with van der Waals surface area (Å²) in [5.74, 6) is 1.26. The lowest BCUT2D eigenvalue weighted by molar-refractivity contribution is 0.0394. The van der Waals surface area contributed by atoms with Gasteiger partial charge in [0.2, 0.25) is 0 Å². The third-order valence-corrected chi connectivity index (χ3v) is 5.70. The van der Waals surface area contributed by atoms with E-state index >= 15 is 0 Å². The molecule has 1 saturated heterocycles. The van der Waals surface area contributed by atoms with E-state index in [1.807, 2.05) is 19.1 Å². The van der Waals surface area contributed by atoms with Crippen molar-refractivity contribution in [1.29, 1.82) is 0 Å². The van der Waals surface area contributed by atoms with Crippen LogP contribution in [0.25, 0.3) is 0 Å². The summed E-state index contributed by atoms with van der Waals surface area (Å²) < 4.78 is 19.5. The van der Waals surface area contributed by atoms with Gasteiger partial charge in [0.1, 0.15) is 11.6 Å². The molecule has 1 aromatic carbocycles. The van der Waals surface area contributed by atoms with Crippen LogP contribution in [0.3, 0.4) is 0 Å². The molecule has 5 nitrogen and oxygen atoms in total. The highest BCUT2D eigenvalue weighted by molar-refractivity contribution is 5.34. The number of anilines is 1. The molecule has 1 aliphatic heterocycles. The number of pyridine rings is 1. The fraction of sp³-hybridized carbons (Fsp3) is 0.500. The average Bonchev–Trinajstić information content (AvgIpc) is 3.29. The van der Waals surface area contributed by atoms with E-state index in [1.54, 1.807) is 12.1 Å². The average molecular weight is 384 g/mol. The Morgan fingerprint density at radius 1 is 1.29 bits per heavy atom. The minimum atomic E-state index is -0.156. The molecule has 0 spiro atoms. The summed E-state index contributed by atoms with van der Waals surface area (Å²) in [7, 11) is 0. The molecule has 0 amide bonds. The van der Waals surface area contributed by atoms with Gasteiger partial charge in [-0.05, 0) is 55.2 Å². The zero-order valence-electron chi connectivity index (χ0n) is 16.3. The topological polar surface area (TPSA) is 72.2 Å². The van der Waals surface area contributed by atoms with Gasteiger partial charge in [-0.3, -0.25) is 0 Å². The number of aromatic nitrogens is 1. The summed E-state index contributed by atoms with van der Waals surface area (Å²) >= 11 is 0. The number of halogens is 1. The number of nitrogens with one attached hydrogen (secondary N) is 2. The number of nitrogen functional groups attached to an aromatic ring is 1. The molecule has 4 atom stereocenters. The molecule has 1 saturated carbocycles. The Kier molecular flexibility index (Phi) is 5.90. The zero-order valence-corrected chi connectivity index (χ0v) is 16.3. The van der Waals surface area contributed by atoms with E-state index in [9.17, 15) is 4.39 Å². The molecule has 1 aliphatic carbocycles. The van der Waals surface area contributed by atoms with Gasteiger partial charge < -0.3 is 21.1 Å². The van der Waals surface area contributed by atoms with Crippen LogP contribution in [0.4, 0.5) is 10.2 Å². The van der Waals surface area contributed by atoms with E-state index < -0.39 is 0 Å². The first-order valence-corrected chi connectivity index (χ1v) is 10.1. The Morgan fingerprint density at radius 3 is 3.00 bits per heavy atom. The Labute approximate surface area is 165 Å². The van der Waals surface area contributed by atoms with E-state index in [4.69, 9.17) is 10.5 Å². The number of rotatable bonds is 8. The predicted octanol–water partition coefficient (Wildman–Crippen LogP) is 2.40. The minimum Gasteiger partial charge on any atom is -0.384 e. The number of nitrogens with two attached hydrogens (primary N) is 1. The second-order valence-electron chi connectivity index (χ2n) is 8.05. The fourth-order valence-electron chi connectivity index (χ4n) is 4.23. The van der Waals surface area contributed by atoms with E-state index in [2.05, 4.69) is 21.7 Å². The van der Waals surface area contributed by atoms with Gasteiger partial charge in [0, 0.05) is 43.2 Å². The number of aryl methyl sites for hydroxylation is 1. The Morgan fingerprint density at radius 2 is 2.18 bits per heavy atom. The molecule has 4 rings (SSSR count). The maximum absolute atomic E-state index is 13.3. The quantitative estimate of drug-likeness (QED) is 0.610. The first-order valence-electron chi connectivity index (χ1n) is 10.1. The van der Waals surface area contributed by atoms with Gasteiger partial charge in [0.25, 0.3) is 0 Å². The molecular weight excluding hydrogens is 355 g/mol. The van der Waals surface area contributed by atoms with Crippen molar-refractivity contribution in [2.24, 2.45) is 5.92 Å². The second-order valence-corrected chi connectivity index (χ2v) is 8.05. The molecule has 2 aliphatic rings. The molecule has 150 valence electrons.